The Hall–Kier alpha value is -1.92. The van der Waals surface area contributed by atoms with Gasteiger partial charge < -0.3 is 9.84 Å². The molecular weight excluding hydrogens is 262 g/mol. The van der Waals surface area contributed by atoms with Gasteiger partial charge in [-0.05, 0) is 18.2 Å². The minimum Gasteiger partial charge on any atom is -0.478 e. The fraction of sp³-hybridized carbons (Fsp3) is 0.182. The van der Waals surface area contributed by atoms with Gasteiger partial charge in [-0.2, -0.15) is 0 Å². The molecule has 0 aliphatic carbocycles. The number of hydrogen-bond donors (Lipinski definition) is 1. The first-order valence-corrected chi connectivity index (χ1v) is 5.35. The van der Waals surface area contributed by atoms with Crippen LogP contribution in [0.5, 0.6) is 0 Å². The van der Waals surface area contributed by atoms with Gasteiger partial charge in [0.1, 0.15) is 13.2 Å². The van der Waals surface area contributed by atoms with Crippen LogP contribution in [-0.2, 0) is 14.3 Å². The van der Waals surface area contributed by atoms with Crippen LogP contribution in [0.3, 0.4) is 0 Å². The molecule has 0 spiro atoms. The van der Waals surface area contributed by atoms with Gasteiger partial charge in [0.05, 0.1) is 16.3 Å². The van der Waals surface area contributed by atoms with Crippen molar-refractivity contribution < 1.29 is 24.2 Å². The second-order valence-electron chi connectivity index (χ2n) is 3.59. The average molecular weight is 270 g/mol. The fourth-order valence-corrected chi connectivity index (χ4v) is 1.78. The average Bonchev–Trinajstić information content (AvgIpc) is 2.30. The van der Waals surface area contributed by atoms with E-state index in [1.807, 2.05) is 0 Å². The molecule has 2 amide bonds. The summed E-state index contributed by atoms with van der Waals surface area (Å²) in [7, 11) is 0. The summed E-state index contributed by atoms with van der Waals surface area (Å²) in [5.74, 6) is -2.31. The number of carbonyl (C=O) groups excluding carboxylic acids is 2. The summed E-state index contributed by atoms with van der Waals surface area (Å²) >= 11 is 5.88. The molecule has 1 aliphatic rings. The Morgan fingerprint density at radius 2 is 1.89 bits per heavy atom. The Morgan fingerprint density at radius 1 is 1.28 bits per heavy atom. The minimum atomic E-state index is -1.17. The molecule has 1 aliphatic heterocycles. The van der Waals surface area contributed by atoms with Crippen LogP contribution in [0.1, 0.15) is 10.4 Å². The second kappa shape index (κ2) is 4.75. The maximum Gasteiger partial charge on any atom is 0.335 e. The highest BCUT2D eigenvalue weighted by molar-refractivity contribution is 6.35. The minimum absolute atomic E-state index is 0.0542. The first-order valence-electron chi connectivity index (χ1n) is 4.97. The van der Waals surface area contributed by atoms with Crippen molar-refractivity contribution in [3.8, 4) is 0 Å². The Bertz CT molecular complexity index is 526. The van der Waals surface area contributed by atoms with Crippen molar-refractivity contribution in [1.82, 2.24) is 0 Å². The number of halogens is 1. The van der Waals surface area contributed by atoms with Gasteiger partial charge in [-0.15, -0.1) is 0 Å². The lowest BCUT2D eigenvalue weighted by Crippen LogP contribution is -2.46. The van der Waals surface area contributed by atoms with Gasteiger partial charge in [-0.1, -0.05) is 11.6 Å². The summed E-state index contributed by atoms with van der Waals surface area (Å²) in [6, 6.07) is 3.81. The van der Waals surface area contributed by atoms with E-state index >= 15 is 0 Å². The van der Waals surface area contributed by atoms with E-state index in [0.717, 1.165) is 4.90 Å². The molecule has 0 aromatic heterocycles. The third kappa shape index (κ3) is 2.20. The zero-order chi connectivity index (χ0) is 13.3. The molecule has 0 atom stereocenters. The number of nitrogens with zero attached hydrogens (tertiary/aromatic N) is 1. The molecule has 1 heterocycles. The van der Waals surface area contributed by atoms with Crippen molar-refractivity contribution in [2.24, 2.45) is 0 Å². The number of hydrogen-bond acceptors (Lipinski definition) is 4. The topological polar surface area (TPSA) is 83.9 Å². The molecule has 1 fully saturated rings. The summed E-state index contributed by atoms with van der Waals surface area (Å²) in [5, 5.41) is 9.00. The van der Waals surface area contributed by atoms with Gasteiger partial charge in [-0.25, -0.2) is 9.69 Å². The third-order valence-corrected chi connectivity index (χ3v) is 2.70. The molecule has 7 heteroatoms. The zero-order valence-corrected chi connectivity index (χ0v) is 9.81. The van der Waals surface area contributed by atoms with Crippen molar-refractivity contribution in [3.63, 3.8) is 0 Å². The van der Waals surface area contributed by atoms with Gasteiger partial charge in [0.15, 0.2) is 0 Å². The summed E-state index contributed by atoms with van der Waals surface area (Å²) < 4.78 is 4.76. The molecule has 1 N–H and O–H groups in total. The first kappa shape index (κ1) is 12.5. The monoisotopic (exact) mass is 269 g/mol. The number of carboxylic acids is 1. The van der Waals surface area contributed by atoms with Gasteiger partial charge in [-0.3, -0.25) is 9.59 Å². The van der Waals surface area contributed by atoms with Crippen LogP contribution in [0.4, 0.5) is 5.69 Å². The van der Waals surface area contributed by atoms with Gasteiger partial charge in [0.25, 0.3) is 11.8 Å². The number of morpholine rings is 1. The molecule has 18 heavy (non-hydrogen) atoms. The van der Waals surface area contributed by atoms with Crippen molar-refractivity contribution >= 4 is 35.1 Å². The molecule has 0 radical (unpaired) electrons. The molecule has 94 valence electrons. The van der Waals surface area contributed by atoms with Crippen molar-refractivity contribution in [2.45, 2.75) is 0 Å². The number of anilines is 1. The summed E-state index contributed by atoms with van der Waals surface area (Å²) in [6.07, 6.45) is 0. The SMILES string of the molecule is O=C(O)c1ccc(Cl)c(N2C(=O)COCC2=O)c1. The number of rotatable bonds is 2. The van der Waals surface area contributed by atoms with Gasteiger partial charge >= 0.3 is 5.97 Å². The highest BCUT2D eigenvalue weighted by Gasteiger charge is 2.30. The van der Waals surface area contributed by atoms with E-state index in [1.54, 1.807) is 0 Å². The first-order chi connectivity index (χ1) is 8.50. The smallest absolute Gasteiger partial charge is 0.335 e. The van der Waals surface area contributed by atoms with Crippen LogP contribution in [0.2, 0.25) is 5.02 Å². The number of amides is 2. The number of benzene rings is 1. The van der Waals surface area contributed by atoms with Crippen molar-refractivity contribution in [1.29, 1.82) is 0 Å². The lowest BCUT2D eigenvalue weighted by molar-refractivity contribution is -0.138. The normalized spacial score (nSPS) is 15.9. The molecular formula is C11H8ClNO5. The predicted octanol–water partition coefficient (Wildman–Crippen LogP) is 0.928. The largest absolute Gasteiger partial charge is 0.478 e. The van der Waals surface area contributed by atoms with Crippen molar-refractivity contribution in [2.75, 3.05) is 18.1 Å². The van der Waals surface area contributed by atoms with E-state index in [2.05, 4.69) is 0 Å². The van der Waals surface area contributed by atoms with Crippen LogP contribution in [0.15, 0.2) is 18.2 Å². The molecule has 6 nitrogen and oxygen atoms in total. The number of imide groups is 1. The van der Waals surface area contributed by atoms with Crippen LogP contribution >= 0.6 is 11.6 Å². The number of carboxylic acid groups (broad SMARTS) is 1. The Labute approximate surface area is 107 Å². The predicted molar refractivity (Wildman–Crippen MR) is 61.7 cm³/mol. The van der Waals surface area contributed by atoms with E-state index in [-0.39, 0.29) is 29.5 Å². The highest BCUT2D eigenvalue weighted by Crippen LogP contribution is 2.28. The maximum atomic E-state index is 11.6. The van der Waals surface area contributed by atoms with Gasteiger partial charge in [0, 0.05) is 0 Å². The lowest BCUT2D eigenvalue weighted by Gasteiger charge is -2.25. The summed E-state index contributed by atoms with van der Waals surface area (Å²) in [5.41, 5.74) is 0.0105. The maximum absolute atomic E-state index is 11.6. The van der Waals surface area contributed by atoms with Crippen LogP contribution in [0, 0.1) is 0 Å². The molecule has 2 rings (SSSR count). The van der Waals surface area contributed by atoms with E-state index in [4.69, 9.17) is 21.4 Å². The highest BCUT2D eigenvalue weighted by atomic mass is 35.5. The van der Waals surface area contributed by atoms with E-state index in [0.29, 0.717) is 0 Å². The van der Waals surface area contributed by atoms with Crippen LogP contribution in [-0.4, -0.2) is 36.1 Å². The summed E-state index contributed by atoms with van der Waals surface area (Å²) in [6.45, 7) is -0.473. The third-order valence-electron chi connectivity index (χ3n) is 2.38. The van der Waals surface area contributed by atoms with E-state index < -0.39 is 17.8 Å². The Balaban J connectivity index is 2.48. The fourth-order valence-electron chi connectivity index (χ4n) is 1.58. The number of ether oxygens (including phenoxy) is 1. The van der Waals surface area contributed by atoms with E-state index in [1.165, 1.54) is 18.2 Å². The quantitative estimate of drug-likeness (QED) is 0.808. The lowest BCUT2D eigenvalue weighted by atomic mass is 10.1. The molecule has 0 bridgehead atoms. The number of carbonyl (C=O) groups is 3. The zero-order valence-electron chi connectivity index (χ0n) is 9.05. The number of aromatic carboxylic acids is 1. The van der Waals surface area contributed by atoms with Gasteiger partial charge in [0.2, 0.25) is 0 Å². The molecule has 1 aromatic rings. The van der Waals surface area contributed by atoms with Crippen LogP contribution in [0.25, 0.3) is 0 Å². The van der Waals surface area contributed by atoms with Crippen molar-refractivity contribution in [3.05, 3.63) is 28.8 Å². The Morgan fingerprint density at radius 3 is 2.44 bits per heavy atom. The standard InChI is InChI=1S/C11H8ClNO5/c12-7-2-1-6(11(16)17)3-8(7)13-9(14)4-18-5-10(13)15/h1-3H,4-5H2,(H,16,17). The van der Waals surface area contributed by atoms with Crippen LogP contribution < -0.4 is 4.90 Å². The molecule has 1 aromatic carbocycles. The molecule has 1 saturated heterocycles. The molecule has 0 saturated carbocycles. The second-order valence-corrected chi connectivity index (χ2v) is 3.99. The summed E-state index contributed by atoms with van der Waals surface area (Å²) in [4.78, 5) is 34.9. The van der Waals surface area contributed by atoms with E-state index in [9.17, 15) is 14.4 Å². The Kier molecular flexibility index (Phi) is 3.31. The molecule has 0 unspecified atom stereocenters.